The molecule has 1 atom stereocenters. The first-order chi connectivity index (χ1) is 16.3. The van der Waals surface area contributed by atoms with Crippen molar-refractivity contribution in [2.24, 2.45) is 13.0 Å². The number of amides is 2. The van der Waals surface area contributed by atoms with Gasteiger partial charge >= 0.3 is 0 Å². The number of hydrogen-bond acceptors (Lipinski definition) is 5. The Morgan fingerprint density at radius 3 is 2.50 bits per heavy atom. The van der Waals surface area contributed by atoms with Gasteiger partial charge in [0.2, 0.25) is 11.8 Å². The molecule has 1 aromatic heterocycles. The highest BCUT2D eigenvalue weighted by Crippen LogP contribution is 2.51. The van der Waals surface area contributed by atoms with Gasteiger partial charge in [-0.15, -0.1) is 0 Å². The molecule has 2 fully saturated rings. The number of benzene rings is 1. The summed E-state index contributed by atoms with van der Waals surface area (Å²) in [5.41, 5.74) is 3.08. The number of aliphatic hydroxyl groups excluding tert-OH is 1. The fourth-order valence-electron chi connectivity index (χ4n) is 6.12. The molecule has 5 rings (SSSR count). The number of likely N-dealkylation sites (tertiary alicyclic amines) is 1. The van der Waals surface area contributed by atoms with Crippen molar-refractivity contribution < 1.29 is 19.4 Å². The minimum Gasteiger partial charge on any atom is -0.497 e. The molecule has 0 radical (unpaired) electrons. The average Bonchev–Trinajstić information content (AvgIpc) is 3.63. The molecule has 184 valence electrons. The van der Waals surface area contributed by atoms with Crippen molar-refractivity contribution in [3.63, 3.8) is 0 Å². The maximum atomic E-state index is 13.4. The van der Waals surface area contributed by atoms with Crippen LogP contribution < -0.4 is 4.74 Å². The van der Waals surface area contributed by atoms with E-state index in [2.05, 4.69) is 10.6 Å². The van der Waals surface area contributed by atoms with Gasteiger partial charge in [-0.05, 0) is 57.5 Å². The van der Waals surface area contributed by atoms with Crippen molar-refractivity contribution in [3.8, 4) is 5.75 Å². The van der Waals surface area contributed by atoms with E-state index in [4.69, 9.17) is 4.74 Å². The summed E-state index contributed by atoms with van der Waals surface area (Å²) in [6.07, 6.45) is 3.48. The van der Waals surface area contributed by atoms with Crippen LogP contribution in [0.2, 0.25) is 0 Å². The molecule has 1 aliphatic carbocycles. The topological polar surface area (TPSA) is 78.2 Å². The van der Waals surface area contributed by atoms with Gasteiger partial charge in [0.15, 0.2) is 0 Å². The minimum atomic E-state index is -0.356. The molecular weight excluding hydrogens is 432 g/mol. The molecule has 8 nitrogen and oxygen atoms in total. The maximum Gasteiger partial charge on any atom is 0.236 e. The van der Waals surface area contributed by atoms with Crippen LogP contribution in [-0.4, -0.2) is 90.2 Å². The summed E-state index contributed by atoms with van der Waals surface area (Å²) in [4.78, 5) is 32.0. The summed E-state index contributed by atoms with van der Waals surface area (Å²) in [6, 6.07) is 5.79. The lowest BCUT2D eigenvalue weighted by Gasteiger charge is -2.50. The van der Waals surface area contributed by atoms with Crippen LogP contribution >= 0.6 is 0 Å². The Morgan fingerprint density at radius 1 is 1.21 bits per heavy atom. The highest BCUT2D eigenvalue weighted by atomic mass is 16.5. The third-order valence-corrected chi connectivity index (χ3v) is 8.06. The third kappa shape index (κ3) is 3.67. The summed E-state index contributed by atoms with van der Waals surface area (Å²) in [7, 11) is 7.52. The van der Waals surface area contributed by atoms with Crippen molar-refractivity contribution in [2.75, 3.05) is 54.0 Å². The number of methoxy groups -OCH3 is 1. The van der Waals surface area contributed by atoms with Gasteiger partial charge in [0, 0.05) is 55.2 Å². The normalized spacial score (nSPS) is 21.9. The second-order valence-corrected chi connectivity index (χ2v) is 10.5. The Morgan fingerprint density at radius 2 is 1.91 bits per heavy atom. The minimum absolute atomic E-state index is 0.0872. The SMILES string of the molecule is COc1ccc2c3c(n(C)c2c1)[C@@H](CO)N(C(=O)C1CC1)CC31CCN(C(=O)CN(C)C)CC1. The van der Waals surface area contributed by atoms with Crippen molar-refractivity contribution in [1.29, 1.82) is 0 Å². The largest absolute Gasteiger partial charge is 0.497 e. The van der Waals surface area contributed by atoms with Crippen molar-refractivity contribution >= 4 is 22.7 Å². The van der Waals surface area contributed by atoms with Crippen LogP contribution in [0.5, 0.6) is 5.75 Å². The van der Waals surface area contributed by atoms with Gasteiger partial charge < -0.3 is 29.1 Å². The lowest BCUT2D eigenvalue weighted by Crippen LogP contribution is -2.56. The van der Waals surface area contributed by atoms with E-state index in [1.807, 2.05) is 48.0 Å². The zero-order valence-electron chi connectivity index (χ0n) is 20.7. The van der Waals surface area contributed by atoms with E-state index in [9.17, 15) is 14.7 Å². The molecule has 0 unspecified atom stereocenters. The highest BCUT2D eigenvalue weighted by molar-refractivity contribution is 5.90. The van der Waals surface area contributed by atoms with Crippen LogP contribution in [0.25, 0.3) is 10.9 Å². The number of fused-ring (bicyclic) bond motifs is 4. The number of nitrogens with zero attached hydrogens (tertiary/aromatic N) is 4. The third-order valence-electron chi connectivity index (χ3n) is 8.06. The molecule has 1 saturated carbocycles. The van der Waals surface area contributed by atoms with Crippen molar-refractivity contribution in [1.82, 2.24) is 19.3 Å². The quantitative estimate of drug-likeness (QED) is 0.725. The van der Waals surface area contributed by atoms with Crippen LogP contribution in [0.4, 0.5) is 0 Å². The zero-order chi connectivity index (χ0) is 24.2. The van der Waals surface area contributed by atoms with Crippen LogP contribution in [0, 0.1) is 5.92 Å². The molecule has 1 saturated heterocycles. The standard InChI is InChI=1S/C26H36N4O4/c1-27(2)14-22(32)29-11-9-26(10-12-29)16-30(25(33)17-5-6-17)21(15-31)24-23(26)19-8-7-18(34-4)13-20(19)28(24)3/h7-8,13,17,21,31H,5-6,9-12,14-16H2,1-4H3/t21-/m1/s1. The number of piperidine rings is 1. The van der Waals surface area contributed by atoms with Gasteiger partial charge in [-0.1, -0.05) is 0 Å². The molecule has 1 aromatic carbocycles. The van der Waals surface area contributed by atoms with E-state index in [0.29, 0.717) is 26.2 Å². The molecule has 1 spiro atoms. The molecule has 34 heavy (non-hydrogen) atoms. The molecule has 2 aromatic rings. The first kappa shape index (κ1) is 23.2. The smallest absolute Gasteiger partial charge is 0.236 e. The van der Waals surface area contributed by atoms with Gasteiger partial charge in [0.1, 0.15) is 5.75 Å². The Balaban J connectivity index is 1.60. The number of likely N-dealkylation sites (N-methyl/N-ethyl adjacent to an activating group) is 1. The van der Waals surface area contributed by atoms with Gasteiger partial charge in [0.05, 0.1) is 31.8 Å². The van der Waals surface area contributed by atoms with E-state index < -0.39 is 0 Å². The summed E-state index contributed by atoms with van der Waals surface area (Å²) in [5, 5.41) is 11.7. The molecule has 3 aliphatic rings. The Bertz CT molecular complexity index is 1110. The number of aliphatic hydroxyl groups is 1. The summed E-state index contributed by atoms with van der Waals surface area (Å²) in [6.45, 7) is 2.25. The number of ether oxygens (including phenoxy) is 1. The summed E-state index contributed by atoms with van der Waals surface area (Å²) >= 11 is 0. The van der Waals surface area contributed by atoms with Crippen LogP contribution in [0.1, 0.15) is 43.0 Å². The second-order valence-electron chi connectivity index (χ2n) is 10.5. The predicted molar refractivity (Wildman–Crippen MR) is 130 cm³/mol. The fraction of sp³-hybridized carbons (Fsp3) is 0.615. The van der Waals surface area contributed by atoms with E-state index in [1.54, 1.807) is 7.11 Å². The van der Waals surface area contributed by atoms with Gasteiger partial charge in [-0.2, -0.15) is 0 Å². The number of aromatic nitrogens is 1. The zero-order valence-corrected chi connectivity index (χ0v) is 20.7. The van der Waals surface area contributed by atoms with E-state index >= 15 is 0 Å². The summed E-state index contributed by atoms with van der Waals surface area (Å²) in [5.74, 6) is 1.19. The molecular formula is C26H36N4O4. The summed E-state index contributed by atoms with van der Waals surface area (Å²) < 4.78 is 7.64. The van der Waals surface area contributed by atoms with Crippen LogP contribution in [0.15, 0.2) is 18.2 Å². The number of carbonyl (C=O) groups is 2. The van der Waals surface area contributed by atoms with E-state index in [-0.39, 0.29) is 35.8 Å². The van der Waals surface area contributed by atoms with Gasteiger partial charge in [-0.25, -0.2) is 0 Å². The van der Waals surface area contributed by atoms with E-state index in [0.717, 1.165) is 48.0 Å². The Labute approximate surface area is 201 Å². The molecule has 3 heterocycles. The maximum absolute atomic E-state index is 13.4. The molecule has 2 aliphatic heterocycles. The van der Waals surface area contributed by atoms with Crippen LogP contribution in [-0.2, 0) is 22.1 Å². The molecule has 2 amide bonds. The Kier molecular flexibility index (Phi) is 5.84. The molecule has 0 bridgehead atoms. The average molecular weight is 469 g/mol. The first-order valence-electron chi connectivity index (χ1n) is 12.3. The van der Waals surface area contributed by atoms with Gasteiger partial charge in [-0.3, -0.25) is 9.59 Å². The monoisotopic (exact) mass is 468 g/mol. The lowest BCUT2D eigenvalue weighted by molar-refractivity contribution is -0.140. The lowest BCUT2D eigenvalue weighted by atomic mass is 9.68. The van der Waals surface area contributed by atoms with Crippen molar-refractivity contribution in [2.45, 2.75) is 37.1 Å². The number of aryl methyl sites for hydroxylation is 1. The first-order valence-corrected chi connectivity index (χ1v) is 12.3. The molecule has 8 heteroatoms. The molecule has 1 N–H and O–H groups in total. The predicted octanol–water partition coefficient (Wildman–Crippen LogP) is 1.89. The second kappa shape index (κ2) is 8.57. The fourth-order valence-corrected chi connectivity index (χ4v) is 6.12. The van der Waals surface area contributed by atoms with Crippen molar-refractivity contribution in [3.05, 3.63) is 29.5 Å². The number of rotatable bonds is 5. The highest BCUT2D eigenvalue weighted by Gasteiger charge is 2.51. The van der Waals surface area contributed by atoms with Gasteiger partial charge in [0.25, 0.3) is 0 Å². The Hall–Kier alpha value is -2.58. The van der Waals surface area contributed by atoms with Crippen LogP contribution in [0.3, 0.4) is 0 Å². The van der Waals surface area contributed by atoms with E-state index in [1.165, 1.54) is 5.56 Å². The number of carbonyl (C=O) groups excluding carboxylic acids is 2. The number of hydrogen-bond donors (Lipinski definition) is 1.